The van der Waals surface area contributed by atoms with E-state index in [1.807, 2.05) is 6.07 Å². The van der Waals surface area contributed by atoms with E-state index >= 15 is 0 Å². The maximum absolute atomic E-state index is 11.5. The number of hydrogen-bond acceptors (Lipinski definition) is 4. The number of amides is 1. The fourth-order valence-corrected chi connectivity index (χ4v) is 2.55. The lowest BCUT2D eigenvalue weighted by Gasteiger charge is -2.32. The van der Waals surface area contributed by atoms with Gasteiger partial charge in [0.15, 0.2) is 0 Å². The van der Waals surface area contributed by atoms with E-state index in [0.29, 0.717) is 11.7 Å². The van der Waals surface area contributed by atoms with Crippen molar-refractivity contribution in [2.45, 2.75) is 32.2 Å². The van der Waals surface area contributed by atoms with Crippen LogP contribution in [-0.2, 0) is 0 Å². The molecule has 5 nitrogen and oxygen atoms in total. The van der Waals surface area contributed by atoms with Gasteiger partial charge in [-0.1, -0.05) is 6.42 Å². The summed E-state index contributed by atoms with van der Waals surface area (Å²) in [6, 6.07) is 4.20. The second-order valence-corrected chi connectivity index (χ2v) is 5.34. The van der Waals surface area contributed by atoms with Gasteiger partial charge in [0.1, 0.15) is 5.69 Å². The summed E-state index contributed by atoms with van der Waals surface area (Å²) in [6.07, 6.45) is 5.63. The molecule has 1 saturated heterocycles. The Morgan fingerprint density at radius 1 is 1.40 bits per heavy atom. The molecule has 1 amide bonds. The summed E-state index contributed by atoms with van der Waals surface area (Å²) < 4.78 is 0. The van der Waals surface area contributed by atoms with E-state index in [-0.39, 0.29) is 5.91 Å². The van der Waals surface area contributed by atoms with Crippen molar-refractivity contribution in [2.24, 2.45) is 0 Å². The molecule has 0 aliphatic carbocycles. The molecule has 1 aliphatic rings. The highest BCUT2D eigenvalue weighted by molar-refractivity contribution is 5.92. The number of nitrogens with zero attached hydrogens (tertiary/aromatic N) is 2. The standard InChI is InChI=1S/C15H24N4O/c1-12(19-8-4-3-5-9-19)11-18-13-6-7-17-14(10-13)15(20)16-2/h6-7,10,12H,3-5,8-9,11H2,1-2H3,(H,16,20)(H,17,18). The lowest BCUT2D eigenvalue weighted by Crippen LogP contribution is -2.41. The van der Waals surface area contributed by atoms with Gasteiger partial charge in [-0.25, -0.2) is 0 Å². The molecule has 1 unspecified atom stereocenters. The molecular formula is C15H24N4O. The minimum atomic E-state index is -0.155. The predicted octanol–water partition coefficient (Wildman–Crippen LogP) is 1.73. The van der Waals surface area contributed by atoms with Crippen LogP contribution in [-0.4, -0.2) is 48.5 Å². The van der Waals surface area contributed by atoms with Crippen LogP contribution in [0.2, 0.25) is 0 Å². The number of hydrogen-bond donors (Lipinski definition) is 2. The fraction of sp³-hybridized carbons (Fsp3) is 0.600. The summed E-state index contributed by atoms with van der Waals surface area (Å²) in [4.78, 5) is 18.1. The minimum Gasteiger partial charge on any atom is -0.383 e. The van der Waals surface area contributed by atoms with E-state index < -0.39 is 0 Å². The van der Waals surface area contributed by atoms with Gasteiger partial charge in [-0.15, -0.1) is 0 Å². The Bertz CT molecular complexity index is 443. The van der Waals surface area contributed by atoms with Crippen LogP contribution in [0.5, 0.6) is 0 Å². The number of likely N-dealkylation sites (tertiary alicyclic amines) is 1. The summed E-state index contributed by atoms with van der Waals surface area (Å²) in [5, 5.41) is 5.99. The molecule has 1 aromatic heterocycles. The van der Waals surface area contributed by atoms with E-state index in [9.17, 15) is 4.79 Å². The molecule has 2 rings (SSSR count). The van der Waals surface area contributed by atoms with Crippen LogP contribution >= 0.6 is 0 Å². The average molecular weight is 276 g/mol. The zero-order chi connectivity index (χ0) is 14.4. The molecule has 1 aromatic rings. The number of carbonyl (C=O) groups excluding carboxylic acids is 1. The highest BCUT2D eigenvalue weighted by Crippen LogP contribution is 2.13. The van der Waals surface area contributed by atoms with Crippen molar-refractivity contribution >= 4 is 11.6 Å². The molecule has 2 heterocycles. The largest absolute Gasteiger partial charge is 0.383 e. The van der Waals surface area contributed by atoms with Crippen LogP contribution in [0.15, 0.2) is 18.3 Å². The first-order chi connectivity index (χ1) is 9.70. The molecule has 0 spiro atoms. The first-order valence-corrected chi connectivity index (χ1v) is 7.37. The molecule has 1 atom stereocenters. The van der Waals surface area contributed by atoms with Crippen LogP contribution in [0, 0.1) is 0 Å². The van der Waals surface area contributed by atoms with Crippen LogP contribution in [0.25, 0.3) is 0 Å². The zero-order valence-corrected chi connectivity index (χ0v) is 12.4. The van der Waals surface area contributed by atoms with Crippen molar-refractivity contribution in [3.05, 3.63) is 24.0 Å². The van der Waals surface area contributed by atoms with Gasteiger partial charge in [0, 0.05) is 31.5 Å². The smallest absolute Gasteiger partial charge is 0.269 e. The van der Waals surface area contributed by atoms with Gasteiger partial charge >= 0.3 is 0 Å². The summed E-state index contributed by atoms with van der Waals surface area (Å²) in [5.74, 6) is -0.155. The van der Waals surface area contributed by atoms with Crippen molar-refractivity contribution in [2.75, 3.05) is 32.0 Å². The SMILES string of the molecule is CNC(=O)c1cc(NCC(C)N2CCCCC2)ccn1. The highest BCUT2D eigenvalue weighted by Gasteiger charge is 2.16. The van der Waals surface area contributed by atoms with Gasteiger partial charge in [0.25, 0.3) is 5.91 Å². The Morgan fingerprint density at radius 3 is 2.85 bits per heavy atom. The Labute approximate surface area is 120 Å². The summed E-state index contributed by atoms with van der Waals surface area (Å²) in [7, 11) is 1.61. The maximum atomic E-state index is 11.5. The van der Waals surface area contributed by atoms with E-state index in [2.05, 4.69) is 27.4 Å². The van der Waals surface area contributed by atoms with Gasteiger partial charge in [-0.2, -0.15) is 0 Å². The van der Waals surface area contributed by atoms with Crippen LogP contribution in [0.1, 0.15) is 36.7 Å². The molecule has 0 saturated carbocycles. The van der Waals surface area contributed by atoms with Crippen LogP contribution in [0.4, 0.5) is 5.69 Å². The van der Waals surface area contributed by atoms with E-state index in [0.717, 1.165) is 12.2 Å². The third-order valence-corrected chi connectivity index (χ3v) is 3.84. The number of carbonyl (C=O) groups is 1. The Balaban J connectivity index is 1.88. The minimum absolute atomic E-state index is 0.155. The number of piperidine rings is 1. The topological polar surface area (TPSA) is 57.3 Å². The van der Waals surface area contributed by atoms with Crippen molar-refractivity contribution in [3.8, 4) is 0 Å². The quantitative estimate of drug-likeness (QED) is 0.860. The highest BCUT2D eigenvalue weighted by atomic mass is 16.1. The van der Waals surface area contributed by atoms with Crippen molar-refractivity contribution < 1.29 is 4.79 Å². The molecule has 0 bridgehead atoms. The molecule has 0 radical (unpaired) electrons. The lowest BCUT2D eigenvalue weighted by molar-refractivity contribution is 0.0958. The van der Waals surface area contributed by atoms with Gasteiger partial charge < -0.3 is 10.6 Å². The lowest BCUT2D eigenvalue weighted by atomic mass is 10.1. The van der Waals surface area contributed by atoms with Crippen molar-refractivity contribution in [1.29, 1.82) is 0 Å². The average Bonchev–Trinajstić information content (AvgIpc) is 2.53. The van der Waals surface area contributed by atoms with Crippen LogP contribution in [0.3, 0.4) is 0 Å². The zero-order valence-electron chi connectivity index (χ0n) is 12.4. The Morgan fingerprint density at radius 2 is 2.15 bits per heavy atom. The number of rotatable bonds is 5. The van der Waals surface area contributed by atoms with Crippen LogP contribution < -0.4 is 10.6 Å². The van der Waals surface area contributed by atoms with Crippen molar-refractivity contribution in [3.63, 3.8) is 0 Å². The first kappa shape index (κ1) is 14.8. The molecule has 20 heavy (non-hydrogen) atoms. The predicted molar refractivity (Wildman–Crippen MR) is 81.0 cm³/mol. The molecule has 1 fully saturated rings. The molecular weight excluding hydrogens is 252 g/mol. The van der Waals surface area contributed by atoms with E-state index in [1.165, 1.54) is 32.4 Å². The molecule has 1 aliphatic heterocycles. The summed E-state index contributed by atoms with van der Waals surface area (Å²) >= 11 is 0. The van der Waals surface area contributed by atoms with E-state index in [1.54, 1.807) is 19.3 Å². The molecule has 5 heteroatoms. The first-order valence-electron chi connectivity index (χ1n) is 7.37. The third-order valence-electron chi connectivity index (χ3n) is 3.84. The normalized spacial score (nSPS) is 17.5. The number of aromatic nitrogens is 1. The molecule has 110 valence electrons. The fourth-order valence-electron chi connectivity index (χ4n) is 2.55. The van der Waals surface area contributed by atoms with Gasteiger partial charge in [-0.05, 0) is 45.0 Å². The Hall–Kier alpha value is -1.62. The Kier molecular flexibility index (Phi) is 5.35. The van der Waals surface area contributed by atoms with Gasteiger partial charge in [0.2, 0.25) is 0 Å². The van der Waals surface area contributed by atoms with E-state index in [4.69, 9.17) is 0 Å². The monoisotopic (exact) mass is 276 g/mol. The second kappa shape index (κ2) is 7.24. The number of nitrogens with one attached hydrogen (secondary N) is 2. The second-order valence-electron chi connectivity index (χ2n) is 5.34. The molecule has 2 N–H and O–H groups in total. The van der Waals surface area contributed by atoms with Gasteiger partial charge in [-0.3, -0.25) is 14.7 Å². The summed E-state index contributed by atoms with van der Waals surface area (Å²) in [6.45, 7) is 5.53. The maximum Gasteiger partial charge on any atom is 0.269 e. The third kappa shape index (κ3) is 3.93. The number of anilines is 1. The summed E-state index contributed by atoms with van der Waals surface area (Å²) in [5.41, 5.74) is 1.39. The van der Waals surface area contributed by atoms with Crippen molar-refractivity contribution in [1.82, 2.24) is 15.2 Å². The van der Waals surface area contributed by atoms with Gasteiger partial charge in [0.05, 0.1) is 0 Å². The number of pyridine rings is 1. The molecule has 0 aromatic carbocycles.